The maximum atomic E-state index is 5.56. The molecule has 5 heterocycles. The highest BCUT2D eigenvalue weighted by atomic mass is 16.5. The average molecular weight is 386 g/mol. The number of aromatic nitrogens is 5. The number of hydrogen-bond donors (Lipinski definition) is 0. The monoisotopic (exact) mass is 386 g/mol. The molecule has 0 atom stereocenters. The first-order chi connectivity index (χ1) is 14.2. The van der Waals surface area contributed by atoms with Gasteiger partial charge in [0, 0.05) is 62.7 Å². The number of rotatable bonds is 4. The molecule has 4 aromatic heterocycles. The quantitative estimate of drug-likeness (QED) is 0.535. The first kappa shape index (κ1) is 17.8. The summed E-state index contributed by atoms with van der Waals surface area (Å²) in [7, 11) is 1.97. The minimum atomic E-state index is 0.527. The summed E-state index contributed by atoms with van der Waals surface area (Å²) in [4.78, 5) is 15.9. The molecule has 0 bridgehead atoms. The molecule has 7 nitrogen and oxygen atoms in total. The third-order valence-electron chi connectivity index (χ3n) is 5.51. The molecule has 29 heavy (non-hydrogen) atoms. The molecule has 0 aliphatic carbocycles. The summed E-state index contributed by atoms with van der Waals surface area (Å²) < 4.78 is 7.54. The highest BCUT2D eigenvalue weighted by Gasteiger charge is 2.24. The summed E-state index contributed by atoms with van der Waals surface area (Å²) in [5.41, 5.74) is 6.64. The number of hydrogen-bond acceptors (Lipinski definition) is 6. The van der Waals surface area contributed by atoms with Crippen LogP contribution in [0, 0.1) is 6.92 Å². The molecule has 0 spiro atoms. The van der Waals surface area contributed by atoms with Gasteiger partial charge in [-0.2, -0.15) is 4.98 Å². The zero-order valence-electron chi connectivity index (χ0n) is 16.5. The number of aryl methyl sites for hydroxylation is 2. The van der Waals surface area contributed by atoms with Gasteiger partial charge >= 0.3 is 0 Å². The lowest BCUT2D eigenvalue weighted by Crippen LogP contribution is -2.30. The van der Waals surface area contributed by atoms with Crippen LogP contribution in [0.5, 0.6) is 0 Å². The molecule has 0 amide bonds. The van der Waals surface area contributed by atoms with Crippen LogP contribution in [0.1, 0.15) is 22.4 Å². The number of fused-ring (bicyclic) bond motifs is 1. The van der Waals surface area contributed by atoms with Gasteiger partial charge in [-0.15, -0.1) is 0 Å². The lowest BCUT2D eigenvalue weighted by Gasteiger charge is -2.29. The van der Waals surface area contributed by atoms with Crippen molar-refractivity contribution in [1.29, 1.82) is 0 Å². The summed E-state index contributed by atoms with van der Waals surface area (Å²) in [5.74, 6) is 1.14. The van der Waals surface area contributed by atoms with Crippen LogP contribution in [0.2, 0.25) is 0 Å². The molecule has 146 valence electrons. The summed E-state index contributed by atoms with van der Waals surface area (Å²) in [6, 6.07) is 8.07. The van der Waals surface area contributed by atoms with Gasteiger partial charge < -0.3 is 9.09 Å². The van der Waals surface area contributed by atoms with E-state index in [2.05, 4.69) is 37.1 Å². The van der Waals surface area contributed by atoms with Crippen molar-refractivity contribution in [3.63, 3.8) is 0 Å². The van der Waals surface area contributed by atoms with E-state index in [9.17, 15) is 0 Å². The Balaban J connectivity index is 1.45. The predicted molar refractivity (Wildman–Crippen MR) is 109 cm³/mol. The van der Waals surface area contributed by atoms with Gasteiger partial charge in [-0.05, 0) is 54.3 Å². The van der Waals surface area contributed by atoms with Gasteiger partial charge in [-0.3, -0.25) is 14.9 Å². The smallest absolute Gasteiger partial charge is 0.274 e. The second-order valence-electron chi connectivity index (χ2n) is 7.47. The van der Waals surface area contributed by atoms with E-state index in [0.717, 1.165) is 43.0 Å². The summed E-state index contributed by atoms with van der Waals surface area (Å²) in [6.07, 6.45) is 8.58. The largest absolute Gasteiger partial charge is 0.347 e. The molecule has 0 N–H and O–H groups in total. The van der Waals surface area contributed by atoms with Crippen LogP contribution >= 0.6 is 0 Å². The molecule has 0 unspecified atom stereocenters. The van der Waals surface area contributed by atoms with Crippen LogP contribution in [0.15, 0.2) is 53.6 Å². The minimum absolute atomic E-state index is 0.527. The third-order valence-corrected chi connectivity index (χ3v) is 5.51. The molecule has 0 saturated heterocycles. The molecule has 1 aliphatic heterocycles. The number of nitrogens with zero attached hydrogens (tertiary/aromatic N) is 6. The van der Waals surface area contributed by atoms with Crippen molar-refractivity contribution in [3.05, 3.63) is 71.4 Å². The molecule has 0 radical (unpaired) electrons. The Morgan fingerprint density at radius 3 is 2.83 bits per heavy atom. The zero-order valence-corrected chi connectivity index (χ0v) is 16.5. The van der Waals surface area contributed by atoms with Crippen molar-refractivity contribution in [2.45, 2.75) is 26.4 Å². The second-order valence-corrected chi connectivity index (χ2v) is 7.47. The third kappa shape index (κ3) is 3.34. The van der Waals surface area contributed by atoms with E-state index in [-0.39, 0.29) is 0 Å². The van der Waals surface area contributed by atoms with Gasteiger partial charge in [0.1, 0.15) is 5.69 Å². The maximum absolute atomic E-state index is 5.56. The normalized spacial score (nSPS) is 14.1. The zero-order chi connectivity index (χ0) is 19.8. The Morgan fingerprint density at radius 2 is 2.03 bits per heavy atom. The lowest BCUT2D eigenvalue weighted by atomic mass is 9.94. The first-order valence-electron chi connectivity index (χ1n) is 9.73. The standard InChI is InChI=1S/C22H22N6O/c1-15-20(21-25-22(29-26-21)19-4-3-10-27(19)2)18-7-11-28(14-17(18)12-24-15)13-16-5-8-23-9-6-16/h3-6,8-10,12H,7,11,13-14H2,1-2H3. The van der Waals surface area contributed by atoms with Crippen LogP contribution in [0.3, 0.4) is 0 Å². The Bertz CT molecular complexity index is 1150. The van der Waals surface area contributed by atoms with E-state index in [4.69, 9.17) is 4.52 Å². The fraction of sp³-hybridized carbons (Fsp3) is 0.273. The van der Waals surface area contributed by atoms with Crippen molar-refractivity contribution in [2.75, 3.05) is 6.54 Å². The maximum Gasteiger partial charge on any atom is 0.274 e. The molecular formula is C22H22N6O. The van der Waals surface area contributed by atoms with Crippen molar-refractivity contribution in [1.82, 2.24) is 29.6 Å². The molecule has 0 fully saturated rings. The van der Waals surface area contributed by atoms with Gasteiger partial charge in [0.05, 0.1) is 0 Å². The van der Waals surface area contributed by atoms with Crippen molar-refractivity contribution >= 4 is 0 Å². The lowest BCUT2D eigenvalue weighted by molar-refractivity contribution is 0.245. The van der Waals surface area contributed by atoms with Crippen LogP contribution in [0.4, 0.5) is 0 Å². The van der Waals surface area contributed by atoms with E-state index in [1.165, 1.54) is 16.7 Å². The molecule has 0 saturated carbocycles. The Labute approximate surface area is 169 Å². The fourth-order valence-corrected chi connectivity index (χ4v) is 4.00. The van der Waals surface area contributed by atoms with E-state index in [1.807, 2.05) is 55.5 Å². The molecule has 7 heteroatoms. The summed E-state index contributed by atoms with van der Waals surface area (Å²) in [5, 5.41) is 4.28. The predicted octanol–water partition coefficient (Wildman–Crippen LogP) is 3.40. The topological polar surface area (TPSA) is 72.9 Å². The van der Waals surface area contributed by atoms with E-state index < -0.39 is 0 Å². The van der Waals surface area contributed by atoms with E-state index >= 15 is 0 Å². The van der Waals surface area contributed by atoms with Gasteiger partial charge in [0.25, 0.3) is 5.89 Å². The highest BCUT2D eigenvalue weighted by molar-refractivity contribution is 5.66. The molecule has 5 rings (SSSR count). The Kier molecular flexibility index (Phi) is 4.44. The van der Waals surface area contributed by atoms with Gasteiger partial charge in [-0.25, -0.2) is 0 Å². The molecular weight excluding hydrogens is 364 g/mol. The Hall–Kier alpha value is -3.32. The van der Waals surface area contributed by atoms with Crippen molar-refractivity contribution in [2.24, 2.45) is 7.05 Å². The average Bonchev–Trinajstić information content (AvgIpc) is 3.37. The van der Waals surface area contributed by atoms with Crippen molar-refractivity contribution in [3.8, 4) is 23.0 Å². The van der Waals surface area contributed by atoms with Gasteiger partial charge in [-0.1, -0.05) is 5.16 Å². The van der Waals surface area contributed by atoms with Crippen LogP contribution in [-0.4, -0.2) is 36.1 Å². The second kappa shape index (κ2) is 7.25. The summed E-state index contributed by atoms with van der Waals surface area (Å²) >= 11 is 0. The summed E-state index contributed by atoms with van der Waals surface area (Å²) in [6.45, 7) is 4.76. The van der Waals surface area contributed by atoms with Crippen molar-refractivity contribution < 1.29 is 4.52 Å². The van der Waals surface area contributed by atoms with Gasteiger partial charge in [0.15, 0.2) is 0 Å². The van der Waals surface area contributed by atoms with Crippen LogP contribution < -0.4 is 0 Å². The molecule has 4 aromatic rings. The SMILES string of the molecule is Cc1ncc2c(c1-c1noc(-c3cccn3C)n1)CCN(Cc1ccncc1)C2. The van der Waals surface area contributed by atoms with Crippen LogP contribution in [0.25, 0.3) is 23.0 Å². The molecule has 0 aromatic carbocycles. The van der Waals surface area contributed by atoms with E-state index in [1.54, 1.807) is 0 Å². The molecule has 1 aliphatic rings. The Morgan fingerprint density at radius 1 is 1.17 bits per heavy atom. The highest BCUT2D eigenvalue weighted by Crippen LogP contribution is 2.32. The minimum Gasteiger partial charge on any atom is -0.347 e. The first-order valence-corrected chi connectivity index (χ1v) is 9.73. The van der Waals surface area contributed by atoms with Gasteiger partial charge in [0.2, 0.25) is 5.82 Å². The van der Waals surface area contributed by atoms with E-state index in [0.29, 0.717) is 11.7 Å². The van der Waals surface area contributed by atoms with Crippen LogP contribution in [-0.2, 0) is 26.6 Å². The number of pyridine rings is 2. The fourth-order valence-electron chi connectivity index (χ4n) is 4.00.